The summed E-state index contributed by atoms with van der Waals surface area (Å²) in [7, 11) is 0. The number of pyridine rings is 1. The summed E-state index contributed by atoms with van der Waals surface area (Å²) in [6, 6.07) is 8.99. The Labute approximate surface area is 142 Å². The van der Waals surface area contributed by atoms with Crippen LogP contribution in [-0.4, -0.2) is 37.6 Å². The number of aromatic nitrogens is 5. The fourth-order valence-electron chi connectivity index (χ4n) is 2.06. The number of rotatable bonds is 5. The largest absolute Gasteiger partial charge is 0.376 e. The van der Waals surface area contributed by atoms with Crippen LogP contribution in [0.5, 0.6) is 0 Å². The van der Waals surface area contributed by atoms with Gasteiger partial charge >= 0.3 is 0 Å². The predicted molar refractivity (Wildman–Crippen MR) is 90.3 cm³/mol. The van der Waals surface area contributed by atoms with Crippen LogP contribution in [0.1, 0.15) is 5.56 Å². The molecule has 0 aliphatic rings. The van der Waals surface area contributed by atoms with E-state index < -0.39 is 0 Å². The van der Waals surface area contributed by atoms with E-state index in [4.69, 9.17) is 11.6 Å². The summed E-state index contributed by atoms with van der Waals surface area (Å²) in [5, 5.41) is 17.4. The smallest absolute Gasteiger partial charge is 0.244 e. The summed E-state index contributed by atoms with van der Waals surface area (Å²) < 4.78 is 1.57. The molecule has 0 saturated carbocycles. The summed E-state index contributed by atoms with van der Waals surface area (Å²) in [5.41, 5.74) is 2.64. The van der Waals surface area contributed by atoms with Crippen LogP contribution in [0.3, 0.4) is 0 Å². The van der Waals surface area contributed by atoms with Gasteiger partial charge in [0.2, 0.25) is 5.91 Å². The number of anilines is 2. The number of amides is 1. The number of aryl methyl sites for hydroxylation is 1. The lowest BCUT2D eigenvalue weighted by Gasteiger charge is -2.10. The SMILES string of the molecule is Cc1ccc(NCC(=O)Nc2ccc(Cl)cn2)cc1-n1cnnn1. The molecule has 2 aromatic heterocycles. The van der Waals surface area contributed by atoms with Crippen molar-refractivity contribution in [3.63, 3.8) is 0 Å². The Kier molecular flexibility index (Phi) is 4.66. The van der Waals surface area contributed by atoms with Crippen LogP contribution in [0.2, 0.25) is 5.02 Å². The molecule has 0 aliphatic carbocycles. The van der Waals surface area contributed by atoms with Crippen molar-refractivity contribution in [2.75, 3.05) is 17.2 Å². The number of hydrogen-bond donors (Lipinski definition) is 2. The average Bonchev–Trinajstić information content (AvgIpc) is 3.10. The van der Waals surface area contributed by atoms with Crippen LogP contribution in [0.4, 0.5) is 11.5 Å². The van der Waals surface area contributed by atoms with Gasteiger partial charge in [0.1, 0.15) is 12.1 Å². The Morgan fingerprint density at radius 2 is 2.17 bits per heavy atom. The minimum Gasteiger partial charge on any atom is -0.376 e. The number of halogens is 1. The molecular weight excluding hydrogens is 330 g/mol. The monoisotopic (exact) mass is 343 g/mol. The number of benzene rings is 1. The first-order valence-corrected chi connectivity index (χ1v) is 7.49. The van der Waals surface area contributed by atoms with Gasteiger partial charge in [0, 0.05) is 11.9 Å². The van der Waals surface area contributed by atoms with Crippen molar-refractivity contribution in [2.45, 2.75) is 6.92 Å². The fourth-order valence-corrected chi connectivity index (χ4v) is 2.17. The van der Waals surface area contributed by atoms with Crippen LogP contribution in [0.15, 0.2) is 42.9 Å². The van der Waals surface area contributed by atoms with Gasteiger partial charge in [0.25, 0.3) is 0 Å². The molecule has 0 spiro atoms. The number of carbonyl (C=O) groups is 1. The molecule has 1 amide bonds. The van der Waals surface area contributed by atoms with E-state index in [1.54, 1.807) is 16.8 Å². The molecule has 2 N–H and O–H groups in total. The summed E-state index contributed by atoms with van der Waals surface area (Å²) in [5.74, 6) is 0.235. The van der Waals surface area contributed by atoms with Gasteiger partial charge in [-0.15, -0.1) is 5.10 Å². The maximum atomic E-state index is 12.0. The molecule has 0 fully saturated rings. The zero-order chi connectivity index (χ0) is 16.9. The standard InChI is InChI=1S/C15H14ClN7O/c1-10-2-4-12(6-13(10)23-9-19-21-22-23)17-8-15(24)20-14-5-3-11(16)7-18-14/h2-7,9,17H,8H2,1H3,(H,18,20,24). The third-order valence-corrected chi connectivity index (χ3v) is 3.48. The molecule has 3 rings (SSSR count). The molecule has 9 heteroatoms. The van der Waals surface area contributed by atoms with Crippen LogP contribution in [0.25, 0.3) is 5.69 Å². The van der Waals surface area contributed by atoms with Crippen molar-refractivity contribution in [1.29, 1.82) is 0 Å². The molecule has 3 aromatic rings. The van der Waals surface area contributed by atoms with Crippen molar-refractivity contribution < 1.29 is 4.79 Å². The van der Waals surface area contributed by atoms with Crippen LogP contribution in [0, 0.1) is 6.92 Å². The minimum atomic E-state index is -0.214. The summed E-state index contributed by atoms with van der Waals surface area (Å²) in [4.78, 5) is 16.0. The van der Waals surface area contributed by atoms with Gasteiger partial charge in [0.05, 0.1) is 17.3 Å². The van der Waals surface area contributed by atoms with Gasteiger partial charge in [-0.1, -0.05) is 17.7 Å². The van der Waals surface area contributed by atoms with E-state index in [-0.39, 0.29) is 12.5 Å². The van der Waals surface area contributed by atoms with Crippen LogP contribution >= 0.6 is 11.6 Å². The molecule has 1 aromatic carbocycles. The van der Waals surface area contributed by atoms with Crippen LogP contribution < -0.4 is 10.6 Å². The van der Waals surface area contributed by atoms with Gasteiger partial charge in [-0.3, -0.25) is 4.79 Å². The lowest BCUT2D eigenvalue weighted by Crippen LogP contribution is -2.22. The van der Waals surface area contributed by atoms with E-state index in [0.717, 1.165) is 16.9 Å². The predicted octanol–water partition coefficient (Wildman–Crippen LogP) is 2.07. The first-order chi connectivity index (χ1) is 11.6. The van der Waals surface area contributed by atoms with Crippen LogP contribution in [-0.2, 0) is 4.79 Å². The van der Waals surface area contributed by atoms with Gasteiger partial charge in [-0.25, -0.2) is 9.67 Å². The zero-order valence-corrected chi connectivity index (χ0v) is 13.5. The lowest BCUT2D eigenvalue weighted by molar-refractivity contribution is -0.114. The molecule has 24 heavy (non-hydrogen) atoms. The highest BCUT2D eigenvalue weighted by atomic mass is 35.5. The topological polar surface area (TPSA) is 97.6 Å². The van der Waals surface area contributed by atoms with Gasteiger partial charge < -0.3 is 10.6 Å². The Morgan fingerprint density at radius 3 is 2.88 bits per heavy atom. The molecule has 0 atom stereocenters. The van der Waals surface area contributed by atoms with Crippen molar-refractivity contribution in [3.8, 4) is 5.69 Å². The second-order valence-corrected chi connectivity index (χ2v) is 5.46. The number of nitrogens with one attached hydrogen (secondary N) is 2. The number of hydrogen-bond acceptors (Lipinski definition) is 6. The Bertz CT molecular complexity index is 834. The highest BCUT2D eigenvalue weighted by molar-refractivity contribution is 6.30. The molecule has 122 valence electrons. The molecular formula is C15H14ClN7O. The second kappa shape index (κ2) is 7.05. The van der Waals surface area contributed by atoms with E-state index in [1.807, 2.05) is 25.1 Å². The fraction of sp³-hybridized carbons (Fsp3) is 0.133. The number of tetrazole rings is 1. The second-order valence-electron chi connectivity index (χ2n) is 5.02. The molecule has 0 radical (unpaired) electrons. The van der Waals surface area contributed by atoms with E-state index in [2.05, 4.69) is 31.1 Å². The molecule has 0 saturated heterocycles. The Balaban J connectivity index is 1.63. The number of nitrogens with zero attached hydrogens (tertiary/aromatic N) is 5. The van der Waals surface area contributed by atoms with E-state index in [0.29, 0.717) is 10.8 Å². The van der Waals surface area contributed by atoms with Crippen molar-refractivity contribution >= 4 is 29.0 Å². The third kappa shape index (κ3) is 3.85. The summed E-state index contributed by atoms with van der Waals surface area (Å²) >= 11 is 5.76. The molecule has 0 aliphatic heterocycles. The Morgan fingerprint density at radius 1 is 1.29 bits per heavy atom. The minimum absolute atomic E-state index is 0.0996. The highest BCUT2D eigenvalue weighted by Gasteiger charge is 2.07. The quantitative estimate of drug-likeness (QED) is 0.736. The maximum Gasteiger partial charge on any atom is 0.244 e. The molecule has 0 unspecified atom stereocenters. The maximum absolute atomic E-state index is 12.0. The normalized spacial score (nSPS) is 10.4. The first kappa shape index (κ1) is 15.9. The molecule has 8 nitrogen and oxygen atoms in total. The van der Waals surface area contributed by atoms with Crippen molar-refractivity contribution in [2.24, 2.45) is 0 Å². The van der Waals surface area contributed by atoms with E-state index >= 15 is 0 Å². The average molecular weight is 344 g/mol. The van der Waals surface area contributed by atoms with E-state index in [1.165, 1.54) is 12.5 Å². The lowest BCUT2D eigenvalue weighted by atomic mass is 10.2. The van der Waals surface area contributed by atoms with Crippen molar-refractivity contribution in [1.82, 2.24) is 25.2 Å². The van der Waals surface area contributed by atoms with Gasteiger partial charge in [-0.2, -0.15) is 0 Å². The van der Waals surface area contributed by atoms with Gasteiger partial charge in [-0.05, 0) is 47.2 Å². The first-order valence-electron chi connectivity index (χ1n) is 7.11. The molecule has 0 bridgehead atoms. The highest BCUT2D eigenvalue weighted by Crippen LogP contribution is 2.18. The van der Waals surface area contributed by atoms with Gasteiger partial charge in [0.15, 0.2) is 0 Å². The summed E-state index contributed by atoms with van der Waals surface area (Å²) in [6.45, 7) is 2.06. The van der Waals surface area contributed by atoms with Crippen molar-refractivity contribution in [3.05, 3.63) is 53.4 Å². The number of carbonyl (C=O) groups excluding carboxylic acids is 1. The zero-order valence-electron chi connectivity index (χ0n) is 12.8. The molecule has 2 heterocycles. The summed E-state index contributed by atoms with van der Waals surface area (Å²) in [6.07, 6.45) is 2.99. The third-order valence-electron chi connectivity index (χ3n) is 3.25. The Hall–Kier alpha value is -3.00. The van der Waals surface area contributed by atoms with E-state index in [9.17, 15) is 4.79 Å².